The van der Waals surface area contributed by atoms with Crippen LogP contribution in [0, 0.1) is 0 Å². The van der Waals surface area contributed by atoms with Gasteiger partial charge < -0.3 is 35.3 Å². The summed E-state index contributed by atoms with van der Waals surface area (Å²) in [6.45, 7) is 14.7. The van der Waals surface area contributed by atoms with Gasteiger partial charge in [-0.1, -0.05) is 182 Å². The van der Waals surface area contributed by atoms with E-state index in [1.165, 1.54) is 103 Å². The molecule has 0 saturated carbocycles. The first-order chi connectivity index (χ1) is 31.2. The van der Waals surface area contributed by atoms with E-state index in [0.717, 1.165) is 77.0 Å². The van der Waals surface area contributed by atoms with Crippen LogP contribution in [0.1, 0.15) is 240 Å². The van der Waals surface area contributed by atoms with Crippen molar-refractivity contribution < 1.29 is 35.1 Å². The minimum atomic E-state index is -1.50. The highest BCUT2D eigenvalue weighted by Crippen LogP contribution is 2.19. The zero-order valence-electron chi connectivity index (χ0n) is 43.9. The summed E-state index contributed by atoms with van der Waals surface area (Å²) < 4.78 is 0. The summed E-state index contributed by atoms with van der Waals surface area (Å²) in [6, 6.07) is 0. The maximum absolute atomic E-state index is 13.3. The zero-order valence-corrected chi connectivity index (χ0v) is 43.9. The number of hydrogen-bond acceptors (Lipinski definition) is 9. The van der Waals surface area contributed by atoms with Crippen molar-refractivity contribution in [3.8, 4) is 0 Å². The van der Waals surface area contributed by atoms with Gasteiger partial charge in [-0.25, -0.2) is 0 Å². The average Bonchev–Trinajstić information content (AvgIpc) is 3.25. The molecule has 11 nitrogen and oxygen atoms in total. The summed E-state index contributed by atoms with van der Waals surface area (Å²) in [5.74, 6) is -0.448. The molecule has 0 aliphatic heterocycles. The van der Waals surface area contributed by atoms with E-state index in [1.807, 2.05) is 0 Å². The Morgan fingerprint density at radius 1 is 0.385 bits per heavy atom. The fraction of sp³-hybridized carbons (Fsp3) is 0.963. The van der Waals surface area contributed by atoms with Gasteiger partial charge in [-0.3, -0.25) is 19.4 Å². The summed E-state index contributed by atoms with van der Waals surface area (Å²) in [6.07, 6.45) is 30.5. The monoisotopic (exact) mass is 927 g/mol. The van der Waals surface area contributed by atoms with E-state index in [9.17, 15) is 35.1 Å². The van der Waals surface area contributed by atoms with Crippen LogP contribution < -0.4 is 0 Å². The third-order valence-corrected chi connectivity index (χ3v) is 13.3. The molecule has 0 rings (SSSR count). The molecule has 0 radical (unpaired) electrons. The topological polar surface area (TPSA) is 148 Å². The van der Waals surface area contributed by atoms with Gasteiger partial charge >= 0.3 is 0 Å². The number of amides is 2. The Labute approximate surface area is 401 Å². The van der Waals surface area contributed by atoms with Crippen LogP contribution in [0.15, 0.2) is 0 Å². The Morgan fingerprint density at radius 3 is 0.862 bits per heavy atom. The number of unbranched alkanes of at least 4 members (excludes halogenated alkanes) is 20. The lowest BCUT2D eigenvalue weighted by molar-refractivity contribution is -0.140. The molecule has 0 fully saturated rings. The molecule has 2 amide bonds. The van der Waals surface area contributed by atoms with Gasteiger partial charge in [-0.15, -0.1) is 0 Å². The van der Waals surface area contributed by atoms with E-state index in [1.54, 1.807) is 30.8 Å². The fourth-order valence-corrected chi connectivity index (χ4v) is 9.01. The van der Waals surface area contributed by atoms with Crippen molar-refractivity contribution in [1.82, 2.24) is 19.6 Å². The maximum Gasteiger partial charge on any atom is 0.225 e. The quantitative estimate of drug-likeness (QED) is 0.0376. The second kappa shape index (κ2) is 42.7. The van der Waals surface area contributed by atoms with Gasteiger partial charge in [0.1, 0.15) is 0 Å². The molecule has 0 spiro atoms. The maximum atomic E-state index is 13.3. The Bertz CT molecular complexity index is 956. The van der Waals surface area contributed by atoms with Crippen LogP contribution in [0.5, 0.6) is 0 Å². The van der Waals surface area contributed by atoms with Gasteiger partial charge in [0.25, 0.3) is 0 Å². The summed E-state index contributed by atoms with van der Waals surface area (Å²) in [5, 5.41) is 55.0. The lowest BCUT2D eigenvalue weighted by Gasteiger charge is -2.30. The molecule has 0 aromatic heterocycles. The molecule has 11 heteroatoms. The Kier molecular flexibility index (Phi) is 41.9. The lowest BCUT2D eigenvalue weighted by Crippen LogP contribution is -2.42. The van der Waals surface area contributed by atoms with E-state index in [4.69, 9.17) is 0 Å². The highest BCUT2D eigenvalue weighted by molar-refractivity contribution is 5.80. The Balaban J connectivity index is 5.11. The van der Waals surface area contributed by atoms with Gasteiger partial charge in [0, 0.05) is 66.5 Å². The van der Waals surface area contributed by atoms with E-state index < -0.39 is 30.0 Å². The minimum Gasteiger partial charge on any atom is -0.392 e. The summed E-state index contributed by atoms with van der Waals surface area (Å²) in [5.41, 5.74) is -1.50. The SMILES string of the molecule is CCCCCCCCC(O)CN(CCCN(C)C(=O)CC(C)(O)CC(=O)N(C)CCCN(CC(O)CCCCCCCC)CC(O)CCCCCCCC)CC(O)CCCCCCCC. The van der Waals surface area contributed by atoms with Crippen LogP contribution in [0.2, 0.25) is 0 Å². The van der Waals surface area contributed by atoms with Crippen molar-refractivity contribution in [2.45, 2.75) is 270 Å². The van der Waals surface area contributed by atoms with Crippen LogP contribution in [0.4, 0.5) is 0 Å². The number of hydrogen-bond donors (Lipinski definition) is 5. The normalized spacial score (nSPS) is 14.7. The molecule has 0 bridgehead atoms. The molecule has 4 atom stereocenters. The fourth-order valence-electron chi connectivity index (χ4n) is 9.01. The van der Waals surface area contributed by atoms with Crippen molar-refractivity contribution in [3.05, 3.63) is 0 Å². The highest BCUT2D eigenvalue weighted by Gasteiger charge is 2.30. The molecule has 0 heterocycles. The van der Waals surface area contributed by atoms with Gasteiger partial charge in [0.05, 0.1) is 42.9 Å². The van der Waals surface area contributed by atoms with Gasteiger partial charge in [0.2, 0.25) is 11.8 Å². The zero-order chi connectivity index (χ0) is 48.6. The smallest absolute Gasteiger partial charge is 0.225 e. The third-order valence-electron chi connectivity index (χ3n) is 13.3. The Morgan fingerprint density at radius 2 is 0.615 bits per heavy atom. The molecule has 0 aliphatic rings. The van der Waals surface area contributed by atoms with Gasteiger partial charge in [0.15, 0.2) is 0 Å². The third kappa shape index (κ3) is 39.2. The average molecular weight is 927 g/mol. The molecule has 0 aromatic rings. The molecular formula is C54H110N4O7. The predicted molar refractivity (Wildman–Crippen MR) is 273 cm³/mol. The molecule has 4 unspecified atom stereocenters. The van der Waals surface area contributed by atoms with Crippen LogP contribution in [-0.2, 0) is 9.59 Å². The minimum absolute atomic E-state index is 0.165. The van der Waals surface area contributed by atoms with Crippen molar-refractivity contribution >= 4 is 11.8 Å². The highest BCUT2D eigenvalue weighted by atomic mass is 16.3. The number of aliphatic hydroxyl groups excluding tert-OH is 4. The van der Waals surface area contributed by atoms with Crippen LogP contribution in [0.25, 0.3) is 0 Å². The Hall–Kier alpha value is -1.34. The number of rotatable bonds is 48. The standard InChI is InChI=1S/C54H110N4O7/c1-8-12-16-20-24-28-34-48(59)44-57(45-49(60)35-29-25-21-17-13-9-2)40-32-38-55(6)52(63)42-54(5,65)43-53(64)56(7)39-33-41-58(46-50(61)36-30-26-22-18-14-10-3)47-51(62)37-31-27-23-19-15-11-4/h48-51,59-62,65H,8-47H2,1-7H3. The van der Waals surface area contributed by atoms with Crippen LogP contribution in [0.3, 0.4) is 0 Å². The van der Waals surface area contributed by atoms with Crippen molar-refractivity contribution in [1.29, 1.82) is 0 Å². The first-order valence-corrected chi connectivity index (χ1v) is 27.5. The second-order valence-electron chi connectivity index (χ2n) is 20.5. The molecule has 0 aliphatic carbocycles. The molecule has 65 heavy (non-hydrogen) atoms. The summed E-state index contributed by atoms with van der Waals surface area (Å²) in [4.78, 5) is 34.2. The molecule has 5 N–H and O–H groups in total. The predicted octanol–water partition coefficient (Wildman–Crippen LogP) is 10.3. The number of carbonyl (C=O) groups excluding carboxylic acids is 2. The lowest BCUT2D eigenvalue weighted by atomic mass is 9.96. The number of carbonyl (C=O) groups is 2. The first-order valence-electron chi connectivity index (χ1n) is 27.5. The second-order valence-corrected chi connectivity index (χ2v) is 20.5. The van der Waals surface area contributed by atoms with Crippen LogP contribution >= 0.6 is 0 Å². The molecular weight excluding hydrogens is 817 g/mol. The van der Waals surface area contributed by atoms with Gasteiger partial charge in [-0.05, 0) is 45.4 Å². The van der Waals surface area contributed by atoms with Crippen molar-refractivity contribution in [2.24, 2.45) is 0 Å². The van der Waals surface area contributed by atoms with Crippen molar-refractivity contribution in [3.63, 3.8) is 0 Å². The van der Waals surface area contributed by atoms with E-state index in [2.05, 4.69) is 37.5 Å². The van der Waals surface area contributed by atoms with E-state index >= 15 is 0 Å². The summed E-state index contributed by atoms with van der Waals surface area (Å²) in [7, 11) is 3.47. The molecule has 0 aromatic carbocycles. The molecule has 0 saturated heterocycles. The number of aliphatic hydroxyl groups is 5. The van der Waals surface area contributed by atoms with Crippen LogP contribution in [-0.4, -0.2) is 153 Å². The first kappa shape index (κ1) is 63.7. The summed E-state index contributed by atoms with van der Waals surface area (Å²) >= 11 is 0. The van der Waals surface area contributed by atoms with E-state index in [-0.39, 0.29) is 24.7 Å². The number of nitrogens with zero attached hydrogens (tertiary/aromatic N) is 4. The van der Waals surface area contributed by atoms with Gasteiger partial charge in [-0.2, -0.15) is 0 Å². The van der Waals surface area contributed by atoms with E-state index in [0.29, 0.717) is 65.2 Å². The molecule has 388 valence electrons. The largest absolute Gasteiger partial charge is 0.392 e. The van der Waals surface area contributed by atoms with Crippen molar-refractivity contribution in [2.75, 3.05) is 66.5 Å².